The van der Waals surface area contributed by atoms with E-state index >= 15 is 0 Å². The van der Waals surface area contributed by atoms with Crippen molar-refractivity contribution in [2.24, 2.45) is 5.41 Å². The van der Waals surface area contributed by atoms with Gasteiger partial charge < -0.3 is 10.1 Å². The molecular formula is C18H27N3O3S. The van der Waals surface area contributed by atoms with Crippen LogP contribution in [0.3, 0.4) is 0 Å². The van der Waals surface area contributed by atoms with Gasteiger partial charge in [-0.15, -0.1) is 0 Å². The lowest BCUT2D eigenvalue weighted by Gasteiger charge is -2.19. The first-order valence-corrected chi connectivity index (χ1v) is 8.68. The van der Waals surface area contributed by atoms with Gasteiger partial charge >= 0.3 is 0 Å². The number of hydrogen-bond donors (Lipinski definition) is 3. The summed E-state index contributed by atoms with van der Waals surface area (Å²) in [6.07, 6.45) is 0.982. The third-order valence-corrected chi connectivity index (χ3v) is 3.85. The third-order valence-electron chi connectivity index (χ3n) is 3.64. The number of nitrogens with one attached hydrogen (secondary N) is 3. The Balaban J connectivity index is 2.46. The van der Waals surface area contributed by atoms with Crippen LogP contribution in [0, 0.1) is 5.41 Å². The van der Waals surface area contributed by atoms with Gasteiger partial charge in [-0.3, -0.25) is 20.4 Å². The smallest absolute Gasteiger partial charge is 0.276 e. The van der Waals surface area contributed by atoms with Crippen LogP contribution in [-0.2, 0) is 9.59 Å². The van der Waals surface area contributed by atoms with E-state index in [-0.39, 0.29) is 17.6 Å². The van der Waals surface area contributed by atoms with E-state index in [1.54, 1.807) is 20.8 Å². The number of carbonyl (C=O) groups is 2. The second kappa shape index (κ2) is 9.36. The van der Waals surface area contributed by atoms with Crippen LogP contribution in [0.1, 0.15) is 52.5 Å². The minimum Gasteiger partial charge on any atom is -0.483 e. The van der Waals surface area contributed by atoms with Gasteiger partial charge in [0.2, 0.25) is 5.91 Å². The number of carbonyl (C=O) groups excluding carboxylic acids is 2. The van der Waals surface area contributed by atoms with Crippen molar-refractivity contribution in [3.63, 3.8) is 0 Å². The molecule has 0 saturated heterocycles. The Morgan fingerprint density at radius 2 is 1.84 bits per heavy atom. The molecule has 0 fully saturated rings. The van der Waals surface area contributed by atoms with E-state index in [1.807, 2.05) is 24.3 Å². The van der Waals surface area contributed by atoms with Gasteiger partial charge in [0.05, 0.1) is 0 Å². The van der Waals surface area contributed by atoms with Crippen molar-refractivity contribution < 1.29 is 14.3 Å². The quantitative estimate of drug-likeness (QED) is 0.552. The highest BCUT2D eigenvalue weighted by atomic mass is 32.1. The normalized spacial score (nSPS) is 12.0. The van der Waals surface area contributed by atoms with Crippen molar-refractivity contribution in [1.29, 1.82) is 0 Å². The molecular weight excluding hydrogens is 338 g/mol. The first-order valence-electron chi connectivity index (χ1n) is 8.27. The highest BCUT2D eigenvalue weighted by molar-refractivity contribution is 7.80. The average Bonchev–Trinajstić information content (AvgIpc) is 2.56. The fourth-order valence-corrected chi connectivity index (χ4v) is 2.01. The van der Waals surface area contributed by atoms with Crippen molar-refractivity contribution in [3.05, 3.63) is 29.8 Å². The summed E-state index contributed by atoms with van der Waals surface area (Å²) in [6.45, 7) is 9.37. The zero-order chi connectivity index (χ0) is 19.0. The highest BCUT2D eigenvalue weighted by Gasteiger charge is 2.22. The fraction of sp³-hybridized carbons (Fsp3) is 0.500. The zero-order valence-corrected chi connectivity index (χ0v) is 16.3. The molecule has 1 aromatic rings. The summed E-state index contributed by atoms with van der Waals surface area (Å²) in [5.74, 6) is 0.400. The van der Waals surface area contributed by atoms with Crippen molar-refractivity contribution >= 4 is 29.1 Å². The number of para-hydroxylation sites is 1. The topological polar surface area (TPSA) is 79.5 Å². The first-order chi connectivity index (χ1) is 11.6. The Hall–Kier alpha value is -2.15. The SMILES string of the molecule is CC[C@@H](C)c1ccccc1OCC(=O)NNC(=S)NC(=O)C(C)(C)C. The van der Waals surface area contributed by atoms with Crippen LogP contribution in [0.2, 0.25) is 0 Å². The lowest BCUT2D eigenvalue weighted by Crippen LogP contribution is -2.51. The molecule has 0 aliphatic carbocycles. The number of ether oxygens (including phenoxy) is 1. The largest absolute Gasteiger partial charge is 0.483 e. The second-order valence-corrected chi connectivity index (χ2v) is 7.25. The predicted molar refractivity (Wildman–Crippen MR) is 102 cm³/mol. The lowest BCUT2D eigenvalue weighted by molar-refractivity contribution is -0.127. The van der Waals surface area contributed by atoms with Crippen LogP contribution in [0.4, 0.5) is 0 Å². The highest BCUT2D eigenvalue weighted by Crippen LogP contribution is 2.28. The van der Waals surface area contributed by atoms with E-state index in [2.05, 4.69) is 30.0 Å². The van der Waals surface area contributed by atoms with Gasteiger partial charge in [-0.1, -0.05) is 52.8 Å². The molecule has 3 N–H and O–H groups in total. The van der Waals surface area contributed by atoms with Crippen LogP contribution in [0.5, 0.6) is 5.75 Å². The van der Waals surface area contributed by atoms with E-state index in [0.29, 0.717) is 11.7 Å². The van der Waals surface area contributed by atoms with Gasteiger partial charge in [-0.05, 0) is 36.2 Å². The summed E-state index contributed by atoms with van der Waals surface area (Å²) in [6, 6.07) is 7.66. The molecule has 138 valence electrons. The average molecular weight is 365 g/mol. The monoisotopic (exact) mass is 365 g/mol. The number of thiocarbonyl (C=S) groups is 1. The Bertz CT molecular complexity index is 626. The number of benzene rings is 1. The molecule has 1 aromatic carbocycles. The summed E-state index contributed by atoms with van der Waals surface area (Å²) < 4.78 is 5.61. The maximum atomic E-state index is 11.9. The summed E-state index contributed by atoms with van der Waals surface area (Å²) in [5, 5.41) is 2.54. The third kappa shape index (κ3) is 7.09. The molecule has 0 bridgehead atoms. The molecule has 0 aliphatic rings. The zero-order valence-electron chi connectivity index (χ0n) is 15.4. The summed E-state index contributed by atoms with van der Waals surface area (Å²) in [7, 11) is 0. The molecule has 0 saturated carbocycles. The molecule has 6 nitrogen and oxygen atoms in total. The van der Waals surface area contributed by atoms with Crippen LogP contribution in [0.25, 0.3) is 0 Å². The predicted octanol–water partition coefficient (Wildman–Crippen LogP) is 2.65. The van der Waals surface area contributed by atoms with E-state index in [1.165, 1.54) is 0 Å². The van der Waals surface area contributed by atoms with Crippen molar-refractivity contribution in [2.45, 2.75) is 47.0 Å². The molecule has 0 aromatic heterocycles. The minimum atomic E-state index is -0.571. The standard InChI is InChI=1S/C18H27N3O3S/c1-6-12(2)13-9-7-8-10-14(13)24-11-15(22)20-21-17(25)19-16(23)18(3,4)5/h7-10,12H,6,11H2,1-5H3,(H,20,22)(H2,19,21,23,25)/t12-/m1/s1. The van der Waals surface area contributed by atoms with Crippen LogP contribution >= 0.6 is 12.2 Å². The Morgan fingerprint density at radius 3 is 2.44 bits per heavy atom. The number of hydrogen-bond acceptors (Lipinski definition) is 4. The maximum Gasteiger partial charge on any atom is 0.276 e. The van der Waals surface area contributed by atoms with E-state index in [4.69, 9.17) is 17.0 Å². The molecule has 1 rings (SSSR count). The van der Waals surface area contributed by atoms with Crippen molar-refractivity contribution in [2.75, 3.05) is 6.61 Å². The Morgan fingerprint density at radius 1 is 1.20 bits per heavy atom. The molecule has 0 heterocycles. The van der Waals surface area contributed by atoms with E-state index in [0.717, 1.165) is 12.0 Å². The van der Waals surface area contributed by atoms with Crippen LogP contribution < -0.4 is 20.9 Å². The lowest BCUT2D eigenvalue weighted by atomic mass is 9.96. The van der Waals surface area contributed by atoms with Crippen LogP contribution in [-0.4, -0.2) is 23.5 Å². The molecule has 1 atom stereocenters. The maximum absolute atomic E-state index is 11.9. The Kier molecular flexibility index (Phi) is 7.83. The van der Waals surface area contributed by atoms with Crippen molar-refractivity contribution in [3.8, 4) is 5.75 Å². The Labute approximate surface area is 154 Å². The summed E-state index contributed by atoms with van der Waals surface area (Å²) >= 11 is 4.97. The molecule has 25 heavy (non-hydrogen) atoms. The summed E-state index contributed by atoms with van der Waals surface area (Å²) in [4.78, 5) is 23.7. The fourth-order valence-electron chi connectivity index (χ4n) is 1.87. The van der Waals surface area contributed by atoms with Gasteiger partial charge in [0.25, 0.3) is 5.91 Å². The number of amides is 2. The van der Waals surface area contributed by atoms with Gasteiger partial charge in [0.1, 0.15) is 5.75 Å². The van der Waals surface area contributed by atoms with E-state index in [9.17, 15) is 9.59 Å². The van der Waals surface area contributed by atoms with Gasteiger partial charge in [0, 0.05) is 5.41 Å². The molecule has 0 unspecified atom stereocenters. The molecule has 0 radical (unpaired) electrons. The molecule has 2 amide bonds. The van der Waals surface area contributed by atoms with Gasteiger partial charge in [0.15, 0.2) is 11.7 Å². The summed E-state index contributed by atoms with van der Waals surface area (Å²) in [5.41, 5.74) is 5.39. The number of hydrazine groups is 1. The van der Waals surface area contributed by atoms with E-state index < -0.39 is 11.3 Å². The second-order valence-electron chi connectivity index (χ2n) is 6.84. The minimum absolute atomic E-state index is 0.0354. The van der Waals surface area contributed by atoms with Gasteiger partial charge in [-0.2, -0.15) is 0 Å². The van der Waals surface area contributed by atoms with Crippen molar-refractivity contribution in [1.82, 2.24) is 16.2 Å². The molecule has 0 spiro atoms. The van der Waals surface area contributed by atoms with Gasteiger partial charge in [-0.25, -0.2) is 0 Å². The number of rotatable bonds is 5. The van der Waals surface area contributed by atoms with Crippen LogP contribution in [0.15, 0.2) is 24.3 Å². The molecule has 0 aliphatic heterocycles. The first kappa shape index (κ1) is 20.9. The molecule has 7 heteroatoms.